The zero-order valence-electron chi connectivity index (χ0n) is 20.0. The number of thiazole rings is 1. The Bertz CT molecular complexity index is 1280. The summed E-state index contributed by atoms with van der Waals surface area (Å²) in [6, 6.07) is 22.6. The standard InChI is InChI=1S/C28H29N3O2S/c1-5-32-24-15-14-23(25(17-24)33-6-2)18-29-31-28-30-26(22-13-12-19(3)20(4)16-22)27(34-28)21-10-8-7-9-11-21/h7-18H,5-6H2,1-4H3,(H,30,31)/b29-18-. The SMILES string of the molecule is CCOc1ccc(/C=N\Nc2nc(-c3ccc(C)c(C)c3)c(-c3ccccc3)s2)c(OCC)c1. The topological polar surface area (TPSA) is 55.7 Å². The molecule has 0 saturated heterocycles. The van der Waals surface area contributed by atoms with E-state index < -0.39 is 0 Å². The van der Waals surface area contributed by atoms with Crippen molar-refractivity contribution in [1.29, 1.82) is 0 Å². The maximum Gasteiger partial charge on any atom is 0.204 e. The molecule has 1 heterocycles. The highest BCUT2D eigenvalue weighted by molar-refractivity contribution is 7.19. The molecule has 174 valence electrons. The first kappa shape index (κ1) is 23.5. The molecule has 5 nitrogen and oxygen atoms in total. The maximum absolute atomic E-state index is 5.77. The molecule has 0 fully saturated rings. The summed E-state index contributed by atoms with van der Waals surface area (Å²) in [7, 11) is 0. The van der Waals surface area contributed by atoms with E-state index in [9.17, 15) is 0 Å². The molecule has 1 aromatic heterocycles. The molecule has 34 heavy (non-hydrogen) atoms. The van der Waals surface area contributed by atoms with E-state index in [0.29, 0.717) is 13.2 Å². The fourth-order valence-corrected chi connectivity index (χ4v) is 4.50. The molecule has 0 aliphatic heterocycles. The average Bonchev–Trinajstić information content (AvgIpc) is 3.27. The second-order valence-corrected chi connectivity index (χ2v) is 8.80. The minimum atomic E-state index is 0.566. The normalized spacial score (nSPS) is 11.1. The van der Waals surface area contributed by atoms with Gasteiger partial charge >= 0.3 is 0 Å². The van der Waals surface area contributed by atoms with Gasteiger partial charge in [0, 0.05) is 17.2 Å². The number of ether oxygens (including phenoxy) is 2. The molecule has 0 unspecified atom stereocenters. The smallest absolute Gasteiger partial charge is 0.204 e. The molecule has 0 amide bonds. The Morgan fingerprint density at radius 3 is 2.41 bits per heavy atom. The van der Waals surface area contributed by atoms with Gasteiger partial charge in [-0.2, -0.15) is 5.10 Å². The Hall–Kier alpha value is -3.64. The van der Waals surface area contributed by atoms with E-state index in [0.717, 1.165) is 43.9 Å². The van der Waals surface area contributed by atoms with Gasteiger partial charge < -0.3 is 9.47 Å². The largest absolute Gasteiger partial charge is 0.494 e. The Morgan fingerprint density at radius 1 is 0.882 bits per heavy atom. The number of benzene rings is 3. The van der Waals surface area contributed by atoms with Crippen molar-refractivity contribution < 1.29 is 9.47 Å². The van der Waals surface area contributed by atoms with E-state index in [4.69, 9.17) is 14.5 Å². The summed E-state index contributed by atoms with van der Waals surface area (Å²) in [6.07, 6.45) is 1.75. The van der Waals surface area contributed by atoms with Crippen LogP contribution in [0.25, 0.3) is 21.7 Å². The highest BCUT2D eigenvalue weighted by Crippen LogP contribution is 2.39. The molecule has 4 rings (SSSR count). The maximum atomic E-state index is 5.77. The minimum absolute atomic E-state index is 0.566. The minimum Gasteiger partial charge on any atom is -0.494 e. The predicted molar refractivity (Wildman–Crippen MR) is 142 cm³/mol. The first-order valence-electron chi connectivity index (χ1n) is 11.4. The number of hydrogen-bond donors (Lipinski definition) is 1. The molecular weight excluding hydrogens is 442 g/mol. The molecule has 0 aliphatic carbocycles. The van der Waals surface area contributed by atoms with Gasteiger partial charge in [-0.3, -0.25) is 5.43 Å². The lowest BCUT2D eigenvalue weighted by Gasteiger charge is -2.09. The highest BCUT2D eigenvalue weighted by atomic mass is 32.1. The Labute approximate surface area is 205 Å². The number of aryl methyl sites for hydroxylation is 2. The number of anilines is 1. The fraction of sp³-hybridized carbons (Fsp3) is 0.214. The van der Waals surface area contributed by atoms with Gasteiger partial charge in [0.2, 0.25) is 5.13 Å². The van der Waals surface area contributed by atoms with Gasteiger partial charge in [-0.25, -0.2) is 4.98 Å². The second kappa shape index (κ2) is 11.0. The Kier molecular flexibility index (Phi) is 7.60. The lowest BCUT2D eigenvalue weighted by molar-refractivity contribution is 0.323. The zero-order valence-corrected chi connectivity index (χ0v) is 20.8. The molecule has 3 aromatic carbocycles. The van der Waals surface area contributed by atoms with Crippen molar-refractivity contribution in [3.05, 3.63) is 83.4 Å². The third-order valence-corrected chi connectivity index (χ3v) is 6.41. The molecule has 0 aliphatic rings. The number of hydrazone groups is 1. The summed E-state index contributed by atoms with van der Waals surface area (Å²) in [5, 5.41) is 5.18. The summed E-state index contributed by atoms with van der Waals surface area (Å²) in [5.74, 6) is 1.51. The third kappa shape index (κ3) is 5.46. The van der Waals surface area contributed by atoms with Gasteiger partial charge in [0.1, 0.15) is 11.5 Å². The molecule has 0 bridgehead atoms. The average molecular weight is 472 g/mol. The van der Waals surface area contributed by atoms with Crippen LogP contribution >= 0.6 is 11.3 Å². The summed E-state index contributed by atoms with van der Waals surface area (Å²) in [5.41, 5.74) is 9.68. The monoisotopic (exact) mass is 471 g/mol. The van der Waals surface area contributed by atoms with E-state index in [1.165, 1.54) is 11.1 Å². The molecule has 6 heteroatoms. The van der Waals surface area contributed by atoms with Gasteiger partial charge in [-0.05, 0) is 62.6 Å². The molecule has 0 saturated carbocycles. The van der Waals surface area contributed by atoms with Crippen molar-refractivity contribution >= 4 is 22.7 Å². The molecule has 0 atom stereocenters. The van der Waals surface area contributed by atoms with E-state index in [1.807, 2.05) is 50.2 Å². The number of rotatable bonds is 9. The van der Waals surface area contributed by atoms with E-state index in [1.54, 1.807) is 17.6 Å². The van der Waals surface area contributed by atoms with Crippen molar-refractivity contribution in [2.75, 3.05) is 18.6 Å². The van der Waals surface area contributed by atoms with Gasteiger partial charge in [0.25, 0.3) is 0 Å². The van der Waals surface area contributed by atoms with E-state index in [2.05, 4.69) is 54.7 Å². The van der Waals surface area contributed by atoms with E-state index in [-0.39, 0.29) is 0 Å². The van der Waals surface area contributed by atoms with Crippen LogP contribution in [0.3, 0.4) is 0 Å². The van der Waals surface area contributed by atoms with Crippen LogP contribution in [0, 0.1) is 13.8 Å². The van der Waals surface area contributed by atoms with Gasteiger partial charge in [-0.1, -0.05) is 53.8 Å². The van der Waals surface area contributed by atoms with Crippen LogP contribution in [0.1, 0.15) is 30.5 Å². The first-order chi connectivity index (χ1) is 16.6. The lowest BCUT2D eigenvalue weighted by Crippen LogP contribution is -1.99. The highest BCUT2D eigenvalue weighted by Gasteiger charge is 2.15. The van der Waals surface area contributed by atoms with Crippen molar-refractivity contribution in [1.82, 2.24) is 4.98 Å². The summed E-state index contributed by atoms with van der Waals surface area (Å²) < 4.78 is 11.4. The van der Waals surface area contributed by atoms with Gasteiger partial charge in [-0.15, -0.1) is 0 Å². The fourth-order valence-electron chi connectivity index (χ4n) is 3.55. The number of hydrogen-bond acceptors (Lipinski definition) is 6. The van der Waals surface area contributed by atoms with Crippen LogP contribution < -0.4 is 14.9 Å². The lowest BCUT2D eigenvalue weighted by atomic mass is 10.0. The van der Waals surface area contributed by atoms with Crippen molar-refractivity contribution in [2.24, 2.45) is 5.10 Å². The van der Waals surface area contributed by atoms with E-state index >= 15 is 0 Å². The van der Waals surface area contributed by atoms with Crippen molar-refractivity contribution in [3.8, 4) is 33.2 Å². The Balaban J connectivity index is 1.63. The van der Waals surface area contributed by atoms with Gasteiger partial charge in [0.15, 0.2) is 0 Å². The third-order valence-electron chi connectivity index (χ3n) is 5.40. The van der Waals surface area contributed by atoms with Gasteiger partial charge in [0.05, 0.1) is 30.0 Å². The molecule has 1 N–H and O–H groups in total. The molecular formula is C28H29N3O2S. The first-order valence-corrected chi connectivity index (χ1v) is 12.2. The van der Waals surface area contributed by atoms with Crippen molar-refractivity contribution in [3.63, 3.8) is 0 Å². The van der Waals surface area contributed by atoms with Crippen LogP contribution in [0.15, 0.2) is 71.8 Å². The van der Waals surface area contributed by atoms with Crippen LogP contribution in [-0.2, 0) is 0 Å². The molecule has 4 aromatic rings. The summed E-state index contributed by atoms with van der Waals surface area (Å²) in [6.45, 7) is 9.35. The second-order valence-electron chi connectivity index (χ2n) is 7.80. The van der Waals surface area contributed by atoms with Crippen LogP contribution in [0.5, 0.6) is 11.5 Å². The van der Waals surface area contributed by atoms with Crippen LogP contribution in [-0.4, -0.2) is 24.4 Å². The quantitative estimate of drug-likeness (QED) is 0.205. The predicted octanol–water partition coefficient (Wildman–Crippen LogP) is 7.34. The van der Waals surface area contributed by atoms with Crippen molar-refractivity contribution in [2.45, 2.75) is 27.7 Å². The van der Waals surface area contributed by atoms with Crippen LogP contribution in [0.2, 0.25) is 0 Å². The summed E-state index contributed by atoms with van der Waals surface area (Å²) >= 11 is 1.59. The molecule has 0 spiro atoms. The zero-order chi connectivity index (χ0) is 23.9. The number of nitrogens with one attached hydrogen (secondary N) is 1. The molecule has 0 radical (unpaired) electrons. The van der Waals surface area contributed by atoms with Crippen LogP contribution in [0.4, 0.5) is 5.13 Å². The number of nitrogens with zero attached hydrogens (tertiary/aromatic N) is 2. The number of aromatic nitrogens is 1. The summed E-state index contributed by atoms with van der Waals surface area (Å²) in [4.78, 5) is 6.01. The Morgan fingerprint density at radius 2 is 1.68 bits per heavy atom.